The van der Waals surface area contributed by atoms with Crippen LogP contribution in [0.3, 0.4) is 0 Å². The SMILES string of the molecule is CCNCc1sc(N2CC(C)SC(C)C2)nc1C(C)C. The molecule has 0 amide bonds. The topological polar surface area (TPSA) is 28.2 Å². The lowest BCUT2D eigenvalue weighted by molar-refractivity contribution is 0.707. The maximum atomic E-state index is 4.95. The third-order valence-electron chi connectivity index (χ3n) is 3.49. The molecule has 1 fully saturated rings. The van der Waals surface area contributed by atoms with Gasteiger partial charge in [-0.25, -0.2) is 4.98 Å². The van der Waals surface area contributed by atoms with Gasteiger partial charge in [0.2, 0.25) is 0 Å². The standard InChI is InChI=1S/C15H27N3S2/c1-6-16-7-13-14(10(2)3)17-15(20-13)18-8-11(4)19-12(5)9-18/h10-12,16H,6-9H2,1-5H3. The average Bonchev–Trinajstić information content (AvgIpc) is 2.79. The summed E-state index contributed by atoms with van der Waals surface area (Å²) in [6.45, 7) is 15.5. The lowest BCUT2D eigenvalue weighted by atomic mass is 10.1. The van der Waals surface area contributed by atoms with Gasteiger partial charge in [0, 0.05) is 35.0 Å². The predicted molar refractivity (Wildman–Crippen MR) is 92.3 cm³/mol. The fourth-order valence-corrected chi connectivity index (χ4v) is 5.16. The van der Waals surface area contributed by atoms with E-state index in [9.17, 15) is 0 Å². The van der Waals surface area contributed by atoms with Crippen LogP contribution in [0.15, 0.2) is 0 Å². The third kappa shape index (κ3) is 3.89. The van der Waals surface area contributed by atoms with Crippen LogP contribution >= 0.6 is 23.1 Å². The van der Waals surface area contributed by atoms with Gasteiger partial charge in [-0.2, -0.15) is 11.8 Å². The Morgan fingerprint density at radius 2 is 1.95 bits per heavy atom. The Hall–Kier alpha value is -0.260. The molecule has 0 spiro atoms. The van der Waals surface area contributed by atoms with Crippen molar-refractivity contribution in [2.75, 3.05) is 24.5 Å². The zero-order chi connectivity index (χ0) is 14.7. The number of thioether (sulfide) groups is 1. The molecule has 0 radical (unpaired) electrons. The summed E-state index contributed by atoms with van der Waals surface area (Å²) in [6.07, 6.45) is 0. The van der Waals surface area contributed by atoms with E-state index in [0.29, 0.717) is 16.4 Å². The van der Waals surface area contributed by atoms with Crippen LogP contribution < -0.4 is 10.2 Å². The number of rotatable bonds is 5. The van der Waals surface area contributed by atoms with E-state index in [-0.39, 0.29) is 0 Å². The Morgan fingerprint density at radius 1 is 1.30 bits per heavy atom. The molecule has 114 valence electrons. The number of anilines is 1. The molecule has 2 unspecified atom stereocenters. The highest BCUT2D eigenvalue weighted by atomic mass is 32.2. The van der Waals surface area contributed by atoms with Gasteiger partial charge in [0.25, 0.3) is 0 Å². The smallest absolute Gasteiger partial charge is 0.185 e. The molecule has 1 aliphatic heterocycles. The van der Waals surface area contributed by atoms with Crippen molar-refractivity contribution in [3.63, 3.8) is 0 Å². The Balaban J connectivity index is 2.18. The molecule has 0 bridgehead atoms. The van der Waals surface area contributed by atoms with Crippen LogP contribution in [0.5, 0.6) is 0 Å². The summed E-state index contributed by atoms with van der Waals surface area (Å²) in [5.41, 5.74) is 1.28. The quantitative estimate of drug-likeness (QED) is 0.897. The minimum absolute atomic E-state index is 0.502. The van der Waals surface area contributed by atoms with Crippen molar-refractivity contribution in [2.24, 2.45) is 0 Å². The van der Waals surface area contributed by atoms with Crippen LogP contribution in [0.4, 0.5) is 5.13 Å². The molecular weight excluding hydrogens is 286 g/mol. The van der Waals surface area contributed by atoms with E-state index in [1.807, 2.05) is 11.3 Å². The third-order valence-corrected chi connectivity index (χ3v) is 5.85. The van der Waals surface area contributed by atoms with Crippen LogP contribution in [0.25, 0.3) is 0 Å². The first-order valence-electron chi connectivity index (χ1n) is 7.62. The molecule has 1 saturated heterocycles. The first kappa shape index (κ1) is 16.1. The second-order valence-electron chi connectivity index (χ2n) is 5.90. The molecule has 2 rings (SSSR count). The Kier molecular flexibility index (Phi) is 5.75. The van der Waals surface area contributed by atoms with E-state index in [1.165, 1.54) is 15.7 Å². The number of nitrogens with one attached hydrogen (secondary N) is 1. The zero-order valence-corrected chi connectivity index (χ0v) is 14.9. The first-order chi connectivity index (χ1) is 9.51. The van der Waals surface area contributed by atoms with Gasteiger partial charge in [0.15, 0.2) is 5.13 Å². The minimum Gasteiger partial charge on any atom is -0.346 e. The molecule has 1 N–H and O–H groups in total. The molecule has 2 heterocycles. The van der Waals surface area contributed by atoms with Crippen molar-refractivity contribution in [1.82, 2.24) is 10.3 Å². The van der Waals surface area contributed by atoms with Crippen molar-refractivity contribution < 1.29 is 0 Å². The van der Waals surface area contributed by atoms with E-state index in [1.54, 1.807) is 0 Å². The van der Waals surface area contributed by atoms with Gasteiger partial charge in [-0.3, -0.25) is 0 Å². The van der Waals surface area contributed by atoms with Crippen LogP contribution in [-0.2, 0) is 6.54 Å². The minimum atomic E-state index is 0.502. The largest absolute Gasteiger partial charge is 0.346 e. The highest BCUT2D eigenvalue weighted by molar-refractivity contribution is 8.00. The molecule has 2 atom stereocenters. The second-order valence-corrected chi connectivity index (χ2v) is 8.85. The summed E-state index contributed by atoms with van der Waals surface area (Å²) in [7, 11) is 0. The second kappa shape index (κ2) is 7.14. The number of thiazole rings is 1. The van der Waals surface area contributed by atoms with Gasteiger partial charge in [0.05, 0.1) is 5.69 Å². The molecule has 20 heavy (non-hydrogen) atoms. The van der Waals surface area contributed by atoms with Gasteiger partial charge in [-0.15, -0.1) is 11.3 Å². The van der Waals surface area contributed by atoms with Gasteiger partial charge < -0.3 is 10.2 Å². The van der Waals surface area contributed by atoms with Crippen molar-refractivity contribution in [3.8, 4) is 0 Å². The van der Waals surface area contributed by atoms with Gasteiger partial charge in [-0.1, -0.05) is 34.6 Å². The molecular formula is C15H27N3S2. The van der Waals surface area contributed by atoms with Crippen LogP contribution in [0.2, 0.25) is 0 Å². The summed E-state index contributed by atoms with van der Waals surface area (Å²) in [5, 5.41) is 6.06. The Bertz CT molecular complexity index is 421. The number of aromatic nitrogens is 1. The Morgan fingerprint density at radius 3 is 2.50 bits per heavy atom. The molecule has 1 aromatic heterocycles. The van der Waals surface area contributed by atoms with E-state index >= 15 is 0 Å². The normalized spacial score (nSPS) is 23.6. The molecule has 1 aliphatic rings. The van der Waals surface area contributed by atoms with Crippen molar-refractivity contribution in [3.05, 3.63) is 10.6 Å². The summed E-state index contributed by atoms with van der Waals surface area (Å²) in [6, 6.07) is 0. The highest BCUT2D eigenvalue weighted by Gasteiger charge is 2.25. The van der Waals surface area contributed by atoms with E-state index in [2.05, 4.69) is 56.6 Å². The summed E-state index contributed by atoms with van der Waals surface area (Å²) in [4.78, 5) is 8.85. The fourth-order valence-electron chi connectivity index (χ4n) is 2.64. The van der Waals surface area contributed by atoms with E-state index in [4.69, 9.17) is 4.98 Å². The molecule has 5 heteroatoms. The maximum absolute atomic E-state index is 4.95. The lowest BCUT2D eigenvalue weighted by Gasteiger charge is -2.34. The summed E-state index contributed by atoms with van der Waals surface area (Å²) in [5.74, 6) is 0.502. The fraction of sp³-hybridized carbons (Fsp3) is 0.800. The van der Waals surface area contributed by atoms with Crippen LogP contribution in [0.1, 0.15) is 51.1 Å². The first-order valence-corrected chi connectivity index (χ1v) is 9.37. The predicted octanol–water partition coefficient (Wildman–Crippen LogP) is 3.71. The summed E-state index contributed by atoms with van der Waals surface area (Å²) >= 11 is 3.98. The molecule has 0 saturated carbocycles. The van der Waals surface area contributed by atoms with Crippen molar-refractivity contribution in [2.45, 2.75) is 57.6 Å². The molecule has 0 aliphatic carbocycles. The van der Waals surface area contributed by atoms with E-state index in [0.717, 1.165) is 26.2 Å². The maximum Gasteiger partial charge on any atom is 0.185 e. The van der Waals surface area contributed by atoms with Gasteiger partial charge in [-0.05, 0) is 12.5 Å². The Labute approximate surface area is 131 Å². The number of hydrogen-bond acceptors (Lipinski definition) is 5. The van der Waals surface area contributed by atoms with Crippen molar-refractivity contribution >= 4 is 28.2 Å². The number of hydrogen-bond donors (Lipinski definition) is 1. The van der Waals surface area contributed by atoms with Gasteiger partial charge in [0.1, 0.15) is 0 Å². The molecule has 1 aromatic rings. The average molecular weight is 314 g/mol. The van der Waals surface area contributed by atoms with Crippen LogP contribution in [0, 0.1) is 0 Å². The monoisotopic (exact) mass is 313 g/mol. The lowest BCUT2D eigenvalue weighted by Crippen LogP contribution is -2.40. The highest BCUT2D eigenvalue weighted by Crippen LogP contribution is 2.34. The summed E-state index contributed by atoms with van der Waals surface area (Å²) < 4.78 is 0. The zero-order valence-electron chi connectivity index (χ0n) is 13.3. The van der Waals surface area contributed by atoms with Gasteiger partial charge >= 0.3 is 0 Å². The van der Waals surface area contributed by atoms with E-state index < -0.39 is 0 Å². The number of nitrogens with zero attached hydrogens (tertiary/aromatic N) is 2. The molecule has 3 nitrogen and oxygen atoms in total. The molecule has 0 aromatic carbocycles. The van der Waals surface area contributed by atoms with Crippen molar-refractivity contribution in [1.29, 1.82) is 0 Å². The van der Waals surface area contributed by atoms with Crippen LogP contribution in [-0.4, -0.2) is 35.1 Å².